The van der Waals surface area contributed by atoms with Gasteiger partial charge >= 0.3 is 29.2 Å². The molecule has 3 rings (SSSR count). The van der Waals surface area contributed by atoms with Crippen LogP contribution >= 0.6 is 23.5 Å². The lowest BCUT2D eigenvalue weighted by Gasteiger charge is -2.21. The fourth-order valence-electron chi connectivity index (χ4n) is 2.77. The SMILES string of the molecule is O=c1nc2c(cn1[C@H]1C[C@@H](O)[C@@H](COP(=O)(O)OP(=O)(O)OP(=O)(O)O)O1)CCON2. The Hall–Kier alpha value is -1.03. The van der Waals surface area contributed by atoms with Crippen LogP contribution < -0.4 is 11.2 Å². The van der Waals surface area contributed by atoms with E-state index in [1.54, 1.807) is 0 Å². The molecule has 6 N–H and O–H groups in total. The number of fused-ring (bicyclic) bond motifs is 1. The summed E-state index contributed by atoms with van der Waals surface area (Å²) in [5.41, 5.74) is 2.43. The highest BCUT2D eigenvalue weighted by Gasteiger charge is 2.43. The first-order chi connectivity index (χ1) is 14.2. The number of anilines is 1. The summed E-state index contributed by atoms with van der Waals surface area (Å²) in [4.78, 5) is 56.5. The third-order valence-electron chi connectivity index (χ3n) is 4.00. The van der Waals surface area contributed by atoms with Crippen LogP contribution in [0.3, 0.4) is 0 Å². The van der Waals surface area contributed by atoms with Gasteiger partial charge in [0.05, 0.1) is 19.3 Å². The van der Waals surface area contributed by atoms with Crippen molar-refractivity contribution >= 4 is 29.3 Å². The van der Waals surface area contributed by atoms with Crippen molar-refractivity contribution in [3.63, 3.8) is 0 Å². The van der Waals surface area contributed by atoms with Crippen molar-refractivity contribution in [2.24, 2.45) is 0 Å². The van der Waals surface area contributed by atoms with E-state index in [4.69, 9.17) is 24.3 Å². The zero-order valence-corrected chi connectivity index (χ0v) is 18.0. The van der Waals surface area contributed by atoms with Crippen molar-refractivity contribution in [2.45, 2.75) is 31.3 Å². The molecule has 0 amide bonds. The average molecular weight is 509 g/mol. The molecule has 1 saturated heterocycles. The Morgan fingerprint density at radius 3 is 2.58 bits per heavy atom. The summed E-state index contributed by atoms with van der Waals surface area (Å²) in [5.74, 6) is 0.246. The fourth-order valence-corrected chi connectivity index (χ4v) is 5.80. The van der Waals surface area contributed by atoms with Gasteiger partial charge in [-0.15, -0.1) is 0 Å². The molecule has 1 aromatic rings. The molecular weight excluding hydrogens is 491 g/mol. The molecule has 0 radical (unpaired) electrons. The third-order valence-corrected chi connectivity index (χ3v) is 7.80. The molecule has 0 bridgehead atoms. The Bertz CT molecular complexity index is 1020. The van der Waals surface area contributed by atoms with Gasteiger partial charge in [-0.3, -0.25) is 13.9 Å². The molecular formula is C11H18N3O14P3. The van der Waals surface area contributed by atoms with Crippen molar-refractivity contribution in [3.8, 4) is 0 Å². The topological polar surface area (TPSA) is 245 Å². The van der Waals surface area contributed by atoms with Crippen LogP contribution in [-0.4, -0.2) is 59.7 Å². The first kappa shape index (κ1) is 24.6. The first-order valence-electron chi connectivity index (χ1n) is 8.36. The number of nitrogens with zero attached hydrogens (tertiary/aromatic N) is 2. The van der Waals surface area contributed by atoms with Crippen molar-refractivity contribution < 1.29 is 61.1 Å². The molecule has 3 heterocycles. The van der Waals surface area contributed by atoms with E-state index >= 15 is 0 Å². The van der Waals surface area contributed by atoms with E-state index in [1.807, 2.05) is 0 Å². The highest BCUT2D eigenvalue weighted by Crippen LogP contribution is 2.66. The number of aromatic nitrogens is 2. The summed E-state index contributed by atoms with van der Waals surface area (Å²) >= 11 is 0. The third kappa shape index (κ3) is 6.73. The van der Waals surface area contributed by atoms with E-state index in [9.17, 15) is 28.5 Å². The van der Waals surface area contributed by atoms with Crippen molar-refractivity contribution in [3.05, 3.63) is 22.2 Å². The number of phosphoric ester groups is 1. The molecule has 0 aromatic carbocycles. The van der Waals surface area contributed by atoms with E-state index in [1.165, 1.54) is 6.20 Å². The Morgan fingerprint density at radius 2 is 1.90 bits per heavy atom. The van der Waals surface area contributed by atoms with Crippen molar-refractivity contribution in [1.29, 1.82) is 0 Å². The highest BCUT2D eigenvalue weighted by molar-refractivity contribution is 7.66. The number of rotatable bonds is 8. The molecule has 1 aromatic heterocycles. The molecule has 1 fully saturated rings. The second kappa shape index (κ2) is 9.08. The molecule has 17 nitrogen and oxygen atoms in total. The summed E-state index contributed by atoms with van der Waals surface area (Å²) in [6.07, 6.45) is -1.74. The van der Waals surface area contributed by atoms with Crippen LogP contribution in [0.4, 0.5) is 5.82 Å². The number of aliphatic hydroxyl groups excluding tert-OH is 1. The number of ether oxygens (including phenoxy) is 1. The largest absolute Gasteiger partial charge is 0.490 e. The van der Waals surface area contributed by atoms with Crippen molar-refractivity contribution in [2.75, 3.05) is 18.7 Å². The average Bonchev–Trinajstić information content (AvgIpc) is 2.97. The normalized spacial score (nSPS) is 27.7. The zero-order chi connectivity index (χ0) is 23.0. The number of hydrogen-bond acceptors (Lipinski definition) is 12. The van der Waals surface area contributed by atoms with Gasteiger partial charge in [0.25, 0.3) is 0 Å². The van der Waals surface area contributed by atoms with E-state index in [-0.39, 0.29) is 12.2 Å². The number of nitrogens with one attached hydrogen (secondary N) is 1. The van der Waals surface area contributed by atoms with E-state index in [0.29, 0.717) is 18.6 Å². The van der Waals surface area contributed by atoms with Gasteiger partial charge in [-0.1, -0.05) is 0 Å². The lowest BCUT2D eigenvalue weighted by molar-refractivity contribution is -0.0450. The molecule has 20 heteroatoms. The lowest BCUT2D eigenvalue weighted by atomic mass is 10.2. The Kier molecular flexibility index (Phi) is 7.21. The molecule has 0 spiro atoms. The molecule has 2 unspecified atom stereocenters. The molecule has 5 atom stereocenters. The van der Waals surface area contributed by atoms with Crippen LogP contribution in [0.15, 0.2) is 11.0 Å². The molecule has 0 aliphatic carbocycles. The van der Waals surface area contributed by atoms with E-state index in [0.717, 1.165) is 4.57 Å². The van der Waals surface area contributed by atoms with Crippen LogP contribution in [0, 0.1) is 0 Å². The zero-order valence-electron chi connectivity index (χ0n) is 15.3. The van der Waals surface area contributed by atoms with Gasteiger partial charge in [-0.25, -0.2) is 24.0 Å². The quantitative estimate of drug-likeness (QED) is 0.233. The maximum absolute atomic E-state index is 12.2. The monoisotopic (exact) mass is 509 g/mol. The summed E-state index contributed by atoms with van der Waals surface area (Å²) in [7, 11) is -16.6. The maximum atomic E-state index is 12.2. The molecule has 176 valence electrons. The standard InChI is InChI=1S/C11H18N3O14P3/c15-7-3-9(14-4-6-1-2-24-13-10(6)12-11(14)16)26-8(7)5-25-30(20,21)28-31(22,23)27-29(17,18)19/h4,7-9,15H,1-3,5H2,(H,20,21)(H,22,23)(H,12,13,16)(H2,17,18,19)/t7-,8-,9-/m1/s1. The van der Waals surface area contributed by atoms with Crippen molar-refractivity contribution in [1.82, 2.24) is 9.55 Å². The number of phosphoric acid groups is 3. The summed E-state index contributed by atoms with van der Waals surface area (Å²) in [5, 5.41) is 10.1. The molecule has 31 heavy (non-hydrogen) atoms. The minimum atomic E-state index is -5.66. The van der Waals surface area contributed by atoms with Gasteiger partial charge < -0.3 is 29.4 Å². The summed E-state index contributed by atoms with van der Waals surface area (Å²) in [6.45, 7) is -0.506. The highest BCUT2D eigenvalue weighted by atomic mass is 31.3. The summed E-state index contributed by atoms with van der Waals surface area (Å²) < 4.78 is 51.9. The van der Waals surface area contributed by atoms with E-state index in [2.05, 4.69) is 23.6 Å². The number of hydrogen-bond donors (Lipinski definition) is 6. The van der Waals surface area contributed by atoms with E-state index < -0.39 is 54.2 Å². The van der Waals surface area contributed by atoms with Crippen LogP contribution in [0.5, 0.6) is 0 Å². The Balaban J connectivity index is 1.63. The minimum Gasteiger partial charge on any atom is -0.390 e. The fraction of sp³-hybridized carbons (Fsp3) is 0.636. The van der Waals surface area contributed by atoms with Gasteiger partial charge in [0.15, 0.2) is 5.82 Å². The number of aliphatic hydroxyl groups is 1. The van der Waals surface area contributed by atoms with Gasteiger partial charge in [0.1, 0.15) is 12.3 Å². The van der Waals surface area contributed by atoms with Gasteiger partial charge in [0.2, 0.25) is 0 Å². The maximum Gasteiger partial charge on any atom is 0.490 e. The second-order valence-electron chi connectivity index (χ2n) is 6.32. The van der Waals surface area contributed by atoms with Crippen LogP contribution in [-0.2, 0) is 42.8 Å². The first-order valence-corrected chi connectivity index (χ1v) is 12.9. The predicted octanol–water partition coefficient (Wildman–Crippen LogP) is -0.865. The van der Waals surface area contributed by atoms with Gasteiger partial charge in [0, 0.05) is 24.6 Å². The van der Waals surface area contributed by atoms with Gasteiger partial charge in [-0.05, 0) is 0 Å². The second-order valence-corrected chi connectivity index (χ2v) is 10.7. The van der Waals surface area contributed by atoms with Crippen LogP contribution in [0.2, 0.25) is 0 Å². The smallest absolute Gasteiger partial charge is 0.390 e. The van der Waals surface area contributed by atoms with Gasteiger partial charge in [-0.2, -0.15) is 13.6 Å². The van der Waals surface area contributed by atoms with Crippen LogP contribution in [0.25, 0.3) is 0 Å². The van der Waals surface area contributed by atoms with Crippen LogP contribution in [0.1, 0.15) is 18.2 Å². The summed E-state index contributed by atoms with van der Waals surface area (Å²) in [6, 6.07) is 0. The Morgan fingerprint density at radius 1 is 1.19 bits per heavy atom. The Labute approximate surface area is 172 Å². The molecule has 2 aliphatic heterocycles. The predicted molar refractivity (Wildman–Crippen MR) is 96.1 cm³/mol. The molecule has 2 aliphatic rings. The lowest BCUT2D eigenvalue weighted by Crippen LogP contribution is -2.31. The molecule has 0 saturated carbocycles. The minimum absolute atomic E-state index is 0.116.